The van der Waals surface area contributed by atoms with Crippen LogP contribution in [0.5, 0.6) is 0 Å². The molecule has 2 heterocycles. The van der Waals surface area contributed by atoms with E-state index in [0.717, 1.165) is 23.0 Å². The first-order valence-electron chi connectivity index (χ1n) is 8.87. The molecule has 1 aliphatic rings. The third kappa shape index (κ3) is 4.12. The van der Waals surface area contributed by atoms with Gasteiger partial charge in [0.25, 0.3) is 0 Å². The number of aromatic nitrogens is 2. The van der Waals surface area contributed by atoms with Crippen LogP contribution >= 0.6 is 11.8 Å². The fourth-order valence-corrected chi connectivity index (χ4v) is 4.29. The summed E-state index contributed by atoms with van der Waals surface area (Å²) in [5.41, 5.74) is 2.18. The van der Waals surface area contributed by atoms with Gasteiger partial charge in [-0.25, -0.2) is 9.97 Å². The van der Waals surface area contributed by atoms with Gasteiger partial charge in [0, 0.05) is 29.8 Å². The normalized spacial score (nSPS) is 23.3. The molecule has 2 rings (SSSR count). The Labute approximate surface area is 158 Å². The molecular formula is C19H33N3OSSi. The van der Waals surface area contributed by atoms with Gasteiger partial charge in [-0.15, -0.1) is 6.58 Å². The van der Waals surface area contributed by atoms with Gasteiger partial charge in [0.05, 0.1) is 0 Å². The van der Waals surface area contributed by atoms with Crippen molar-refractivity contribution in [3.8, 4) is 0 Å². The standard InChI is InChI=1S/C19H33N3OSSi/c1-13(2)10-15-19(6,12-23-25(8,9)18(3,4)5)14-11-20-17(24-7)22-16(14)21-15/h11,15H,1,10,12H2,2-9H3,(H,20,21,22)/t15-,19-/m1/s1. The summed E-state index contributed by atoms with van der Waals surface area (Å²) in [7, 11) is -1.82. The zero-order chi connectivity index (χ0) is 19.0. The molecule has 1 N–H and O–H groups in total. The van der Waals surface area contributed by atoms with Gasteiger partial charge in [0.15, 0.2) is 13.5 Å². The smallest absolute Gasteiger partial charge is 0.192 e. The number of hydrogen-bond acceptors (Lipinski definition) is 5. The summed E-state index contributed by atoms with van der Waals surface area (Å²) in [6.45, 7) is 20.6. The summed E-state index contributed by atoms with van der Waals surface area (Å²) in [6.07, 6.45) is 4.89. The second-order valence-electron chi connectivity index (χ2n) is 8.94. The SMILES string of the molecule is C=C(C)C[C@H]1Nc2nc(SC)ncc2[C@@]1(C)CO[Si](C)(C)C(C)(C)C. The molecule has 0 saturated heterocycles. The monoisotopic (exact) mass is 379 g/mol. The van der Waals surface area contributed by atoms with E-state index >= 15 is 0 Å². The fraction of sp³-hybridized carbons (Fsp3) is 0.684. The number of thioether (sulfide) groups is 1. The Morgan fingerprint density at radius 2 is 2.08 bits per heavy atom. The molecule has 1 aromatic rings. The quantitative estimate of drug-likeness (QED) is 0.317. The van der Waals surface area contributed by atoms with Gasteiger partial charge in [-0.2, -0.15) is 0 Å². The van der Waals surface area contributed by atoms with Gasteiger partial charge >= 0.3 is 0 Å². The maximum Gasteiger partial charge on any atom is 0.192 e. The van der Waals surface area contributed by atoms with Gasteiger partial charge in [-0.3, -0.25) is 0 Å². The van der Waals surface area contributed by atoms with Gasteiger partial charge in [0.1, 0.15) is 5.82 Å². The highest BCUT2D eigenvalue weighted by molar-refractivity contribution is 7.98. The van der Waals surface area contributed by atoms with Crippen LogP contribution in [0.25, 0.3) is 0 Å². The highest BCUT2D eigenvalue weighted by Crippen LogP contribution is 2.44. The Hall–Kier alpha value is -0.853. The molecule has 0 spiro atoms. The predicted molar refractivity (Wildman–Crippen MR) is 111 cm³/mol. The second-order valence-corrected chi connectivity index (χ2v) is 14.5. The highest BCUT2D eigenvalue weighted by Gasteiger charge is 2.47. The lowest BCUT2D eigenvalue weighted by molar-refractivity contribution is 0.197. The number of fused-ring (bicyclic) bond motifs is 1. The van der Waals surface area contributed by atoms with E-state index in [1.54, 1.807) is 11.8 Å². The summed E-state index contributed by atoms with van der Waals surface area (Å²) in [5, 5.41) is 4.61. The Morgan fingerprint density at radius 1 is 1.44 bits per heavy atom. The average Bonchev–Trinajstić information content (AvgIpc) is 2.76. The van der Waals surface area contributed by atoms with E-state index in [1.807, 2.05) is 12.5 Å². The van der Waals surface area contributed by atoms with Crippen LogP contribution in [-0.4, -0.2) is 37.2 Å². The summed E-state index contributed by atoms with van der Waals surface area (Å²) in [5.74, 6) is 0.951. The lowest BCUT2D eigenvalue weighted by Gasteiger charge is -2.40. The van der Waals surface area contributed by atoms with Crippen LogP contribution in [0.3, 0.4) is 0 Å². The van der Waals surface area contributed by atoms with Gasteiger partial charge < -0.3 is 9.74 Å². The molecule has 25 heavy (non-hydrogen) atoms. The van der Waals surface area contributed by atoms with Crippen molar-refractivity contribution in [3.63, 3.8) is 0 Å². The minimum Gasteiger partial charge on any atom is -0.416 e. The molecule has 0 saturated carbocycles. The molecule has 2 atom stereocenters. The molecule has 6 heteroatoms. The topological polar surface area (TPSA) is 47.0 Å². The third-order valence-corrected chi connectivity index (χ3v) is 10.8. The zero-order valence-corrected chi connectivity index (χ0v) is 18.8. The molecule has 1 aromatic heterocycles. The Bertz CT molecular complexity index is 657. The van der Waals surface area contributed by atoms with E-state index in [-0.39, 0.29) is 16.5 Å². The molecule has 0 aromatic carbocycles. The van der Waals surface area contributed by atoms with Gasteiger partial charge in [-0.1, -0.05) is 45.0 Å². The van der Waals surface area contributed by atoms with E-state index in [0.29, 0.717) is 6.61 Å². The number of anilines is 1. The van der Waals surface area contributed by atoms with Gasteiger partial charge in [0.2, 0.25) is 0 Å². The Morgan fingerprint density at radius 3 is 2.60 bits per heavy atom. The molecular weight excluding hydrogens is 346 g/mol. The lowest BCUT2D eigenvalue weighted by Crippen LogP contribution is -2.47. The molecule has 0 unspecified atom stereocenters. The van der Waals surface area contributed by atoms with Gasteiger partial charge in [-0.05, 0) is 37.7 Å². The van der Waals surface area contributed by atoms with Crippen LogP contribution in [0, 0.1) is 0 Å². The number of hydrogen-bond donors (Lipinski definition) is 1. The predicted octanol–water partition coefficient (Wildman–Crippen LogP) is 5.24. The third-order valence-electron chi connectivity index (χ3n) is 5.74. The van der Waals surface area contributed by atoms with Crippen molar-refractivity contribution in [2.75, 3.05) is 18.2 Å². The second kappa shape index (κ2) is 7.04. The minimum atomic E-state index is -1.82. The van der Waals surface area contributed by atoms with Crippen molar-refractivity contribution < 1.29 is 4.43 Å². The molecule has 0 radical (unpaired) electrons. The molecule has 0 amide bonds. The molecule has 1 aliphatic heterocycles. The van der Waals surface area contributed by atoms with E-state index in [9.17, 15) is 0 Å². The van der Waals surface area contributed by atoms with E-state index in [4.69, 9.17) is 4.43 Å². The number of nitrogens with zero attached hydrogens (tertiary/aromatic N) is 2. The first-order chi connectivity index (χ1) is 11.4. The maximum absolute atomic E-state index is 6.61. The van der Waals surface area contributed by atoms with Crippen molar-refractivity contribution >= 4 is 25.9 Å². The molecule has 4 nitrogen and oxygen atoms in total. The fourth-order valence-electron chi connectivity index (χ4n) is 2.85. The van der Waals surface area contributed by atoms with E-state index < -0.39 is 8.32 Å². The molecule has 0 bridgehead atoms. The largest absolute Gasteiger partial charge is 0.416 e. The maximum atomic E-state index is 6.61. The molecule has 0 fully saturated rings. The van der Waals surface area contributed by atoms with Crippen LogP contribution in [0.4, 0.5) is 5.82 Å². The van der Waals surface area contributed by atoms with Crippen molar-refractivity contribution in [3.05, 3.63) is 23.9 Å². The van der Waals surface area contributed by atoms with Crippen molar-refractivity contribution in [1.29, 1.82) is 0 Å². The first kappa shape index (κ1) is 20.5. The van der Waals surface area contributed by atoms with Crippen LogP contribution in [0.1, 0.15) is 46.6 Å². The van der Waals surface area contributed by atoms with Crippen LogP contribution in [-0.2, 0) is 9.84 Å². The summed E-state index contributed by atoms with van der Waals surface area (Å²) >= 11 is 1.57. The average molecular weight is 380 g/mol. The molecule has 140 valence electrons. The lowest BCUT2D eigenvalue weighted by atomic mass is 9.78. The summed E-state index contributed by atoms with van der Waals surface area (Å²) in [4.78, 5) is 9.20. The number of rotatable bonds is 6. The van der Waals surface area contributed by atoms with Crippen molar-refractivity contribution in [1.82, 2.24) is 9.97 Å². The number of nitrogens with one attached hydrogen (secondary N) is 1. The zero-order valence-electron chi connectivity index (χ0n) is 17.0. The Balaban J connectivity index is 2.34. The minimum absolute atomic E-state index is 0.152. The van der Waals surface area contributed by atoms with E-state index in [2.05, 4.69) is 69.6 Å². The summed E-state index contributed by atoms with van der Waals surface area (Å²) in [6, 6.07) is 0.233. The van der Waals surface area contributed by atoms with Crippen molar-refractivity contribution in [2.24, 2.45) is 0 Å². The first-order valence-corrected chi connectivity index (χ1v) is 13.0. The Kier molecular flexibility index (Phi) is 5.76. The highest BCUT2D eigenvalue weighted by atomic mass is 32.2. The summed E-state index contributed by atoms with van der Waals surface area (Å²) < 4.78 is 6.61. The molecule has 0 aliphatic carbocycles. The van der Waals surface area contributed by atoms with E-state index in [1.165, 1.54) is 5.57 Å². The van der Waals surface area contributed by atoms with Crippen LogP contribution in [0.2, 0.25) is 18.1 Å². The van der Waals surface area contributed by atoms with Crippen LogP contribution < -0.4 is 5.32 Å². The van der Waals surface area contributed by atoms with Crippen molar-refractivity contribution in [2.45, 2.75) is 75.8 Å². The van der Waals surface area contributed by atoms with Crippen LogP contribution in [0.15, 0.2) is 23.5 Å².